The van der Waals surface area contributed by atoms with E-state index in [0.717, 1.165) is 31.9 Å². The molecule has 30 heavy (non-hydrogen) atoms. The second-order valence-electron chi connectivity index (χ2n) is 7.35. The van der Waals surface area contributed by atoms with Gasteiger partial charge >= 0.3 is 0 Å². The van der Waals surface area contributed by atoms with Crippen molar-refractivity contribution in [2.75, 3.05) is 5.32 Å². The van der Waals surface area contributed by atoms with E-state index in [9.17, 15) is 4.79 Å². The Hall–Kier alpha value is -2.77. The van der Waals surface area contributed by atoms with Gasteiger partial charge in [-0.1, -0.05) is 36.0 Å². The highest BCUT2D eigenvalue weighted by atomic mass is 79.9. The number of benzene rings is 2. The number of rotatable bonds is 3. The zero-order valence-corrected chi connectivity index (χ0v) is 18.8. The summed E-state index contributed by atoms with van der Waals surface area (Å²) in [5.41, 5.74) is 6.96. The number of amides is 1. The van der Waals surface area contributed by atoms with E-state index in [1.807, 2.05) is 30.3 Å². The number of hydrogen-bond acceptors (Lipinski definition) is 4. The summed E-state index contributed by atoms with van der Waals surface area (Å²) in [6.45, 7) is 4.23. The van der Waals surface area contributed by atoms with Gasteiger partial charge in [-0.05, 0) is 71.2 Å². The molecule has 0 fully saturated rings. The molecular weight excluding hydrogens is 460 g/mol. The van der Waals surface area contributed by atoms with Gasteiger partial charge in [0.25, 0.3) is 5.91 Å². The molecule has 150 valence electrons. The number of carbonyl (C=O) groups is 1. The van der Waals surface area contributed by atoms with Gasteiger partial charge in [-0.15, -0.1) is 0 Å². The summed E-state index contributed by atoms with van der Waals surface area (Å²) in [5, 5.41) is 8.25. The predicted octanol–water partition coefficient (Wildman–Crippen LogP) is 5.84. The van der Waals surface area contributed by atoms with Crippen molar-refractivity contribution in [1.82, 2.24) is 15.3 Å². The molecule has 7 heteroatoms. The van der Waals surface area contributed by atoms with Gasteiger partial charge in [-0.25, -0.2) is 4.98 Å². The summed E-state index contributed by atoms with van der Waals surface area (Å²) < 4.78 is 0.777. The van der Waals surface area contributed by atoms with E-state index in [0.29, 0.717) is 5.56 Å². The average Bonchev–Trinajstić information content (AvgIpc) is 3.30. The van der Waals surface area contributed by atoms with Crippen molar-refractivity contribution in [3.63, 3.8) is 0 Å². The number of nitrogens with one attached hydrogen (secondary N) is 3. The summed E-state index contributed by atoms with van der Waals surface area (Å²) >= 11 is 4.87. The standard InChI is InChI=1S/C23H19BrN4OS/c1-12-4-3-5-13(2)20(12)18-10-14-6-7-15(11-17(14)25-18)21(29)28-23-26-16-8-9-19(24)27-22(16)30-23/h3-11,23,25-26H,1-2H3,(H,28,29). The molecule has 4 aromatic rings. The first-order valence-electron chi connectivity index (χ1n) is 9.58. The maximum absolute atomic E-state index is 12.8. The van der Waals surface area contributed by atoms with Crippen LogP contribution in [0.15, 0.2) is 64.2 Å². The van der Waals surface area contributed by atoms with E-state index in [2.05, 4.69) is 74.6 Å². The summed E-state index contributed by atoms with van der Waals surface area (Å²) in [5.74, 6) is -0.128. The van der Waals surface area contributed by atoms with E-state index in [1.165, 1.54) is 28.5 Å². The molecule has 0 saturated heterocycles. The van der Waals surface area contributed by atoms with Gasteiger partial charge in [-0.3, -0.25) is 4.79 Å². The third-order valence-corrected chi connectivity index (χ3v) is 6.69. The van der Waals surface area contributed by atoms with E-state index < -0.39 is 0 Å². The number of aryl methyl sites for hydroxylation is 2. The minimum absolute atomic E-state index is 0.128. The molecule has 1 atom stereocenters. The molecule has 0 bridgehead atoms. The number of aromatic nitrogens is 2. The Balaban J connectivity index is 1.38. The maximum atomic E-state index is 12.8. The van der Waals surface area contributed by atoms with Crippen LogP contribution in [0, 0.1) is 13.8 Å². The number of halogens is 1. The normalized spacial score (nSPS) is 15.1. The lowest BCUT2D eigenvalue weighted by Crippen LogP contribution is -2.35. The zero-order valence-electron chi connectivity index (χ0n) is 16.4. The number of pyridine rings is 1. The molecule has 2 aromatic heterocycles. The first-order valence-corrected chi connectivity index (χ1v) is 11.3. The maximum Gasteiger partial charge on any atom is 0.253 e. The van der Waals surface area contributed by atoms with Gasteiger partial charge in [0.2, 0.25) is 0 Å². The minimum atomic E-state index is -0.251. The Morgan fingerprint density at radius 1 is 1.10 bits per heavy atom. The quantitative estimate of drug-likeness (QED) is 0.323. The summed E-state index contributed by atoms with van der Waals surface area (Å²) in [4.78, 5) is 20.8. The topological polar surface area (TPSA) is 69.8 Å². The lowest BCUT2D eigenvalue weighted by Gasteiger charge is -2.12. The minimum Gasteiger partial charge on any atom is -0.354 e. The molecule has 1 amide bonds. The average molecular weight is 479 g/mol. The first kappa shape index (κ1) is 19.2. The van der Waals surface area contributed by atoms with Crippen LogP contribution in [-0.4, -0.2) is 21.4 Å². The zero-order chi connectivity index (χ0) is 20.8. The smallest absolute Gasteiger partial charge is 0.253 e. The van der Waals surface area contributed by atoms with Gasteiger partial charge in [-0.2, -0.15) is 0 Å². The van der Waals surface area contributed by atoms with E-state index in [-0.39, 0.29) is 11.4 Å². The summed E-state index contributed by atoms with van der Waals surface area (Å²) in [6, 6.07) is 18.0. The fourth-order valence-corrected chi connectivity index (χ4v) is 5.22. The molecule has 0 aliphatic carbocycles. The van der Waals surface area contributed by atoms with Crippen LogP contribution in [0.2, 0.25) is 0 Å². The highest BCUT2D eigenvalue weighted by molar-refractivity contribution is 9.10. The van der Waals surface area contributed by atoms with Gasteiger partial charge in [0.05, 0.1) is 5.69 Å². The van der Waals surface area contributed by atoms with Gasteiger partial charge in [0, 0.05) is 27.7 Å². The molecule has 1 aliphatic rings. The highest BCUT2D eigenvalue weighted by Crippen LogP contribution is 2.36. The molecule has 3 heterocycles. The van der Waals surface area contributed by atoms with Crippen LogP contribution >= 0.6 is 27.7 Å². The molecule has 1 unspecified atom stereocenters. The Morgan fingerprint density at radius 3 is 2.70 bits per heavy atom. The van der Waals surface area contributed by atoms with Crippen molar-refractivity contribution in [2.24, 2.45) is 0 Å². The number of carbonyl (C=O) groups excluding carboxylic acids is 1. The Labute approximate surface area is 186 Å². The Morgan fingerprint density at radius 2 is 1.90 bits per heavy atom. The third kappa shape index (κ3) is 3.48. The molecule has 5 rings (SSSR count). The summed E-state index contributed by atoms with van der Waals surface area (Å²) in [7, 11) is 0. The predicted molar refractivity (Wildman–Crippen MR) is 126 cm³/mol. The second kappa shape index (κ2) is 7.49. The fraction of sp³-hybridized carbons (Fsp3) is 0.130. The van der Waals surface area contributed by atoms with Crippen molar-refractivity contribution < 1.29 is 4.79 Å². The highest BCUT2D eigenvalue weighted by Gasteiger charge is 2.25. The number of aromatic amines is 1. The lowest BCUT2D eigenvalue weighted by molar-refractivity contribution is 0.0953. The van der Waals surface area contributed by atoms with Crippen LogP contribution in [0.25, 0.3) is 22.2 Å². The SMILES string of the molecule is Cc1cccc(C)c1-c1cc2ccc(C(=O)NC3Nc4ccc(Br)nc4S3)cc2[nH]1. The molecule has 0 saturated carbocycles. The lowest BCUT2D eigenvalue weighted by atomic mass is 10.0. The Bertz CT molecular complexity index is 1280. The molecule has 0 radical (unpaired) electrons. The molecular formula is C23H19BrN4OS. The molecule has 1 aliphatic heterocycles. The van der Waals surface area contributed by atoms with E-state index >= 15 is 0 Å². The van der Waals surface area contributed by atoms with Crippen molar-refractivity contribution in [3.8, 4) is 11.3 Å². The van der Waals surface area contributed by atoms with Crippen LogP contribution in [0.3, 0.4) is 0 Å². The molecule has 3 N–H and O–H groups in total. The van der Waals surface area contributed by atoms with Crippen molar-refractivity contribution >= 4 is 50.2 Å². The largest absolute Gasteiger partial charge is 0.354 e. The van der Waals surface area contributed by atoms with Gasteiger partial charge < -0.3 is 15.6 Å². The number of nitrogens with zero attached hydrogens (tertiary/aromatic N) is 1. The van der Waals surface area contributed by atoms with Crippen LogP contribution in [0.4, 0.5) is 5.69 Å². The van der Waals surface area contributed by atoms with Crippen molar-refractivity contribution in [2.45, 2.75) is 24.4 Å². The number of fused-ring (bicyclic) bond motifs is 2. The third-order valence-electron chi connectivity index (χ3n) is 5.24. The van der Waals surface area contributed by atoms with Crippen molar-refractivity contribution in [3.05, 3.63) is 75.9 Å². The number of H-pyrrole nitrogens is 1. The monoisotopic (exact) mass is 478 g/mol. The summed E-state index contributed by atoms with van der Waals surface area (Å²) in [6.07, 6.45) is 0. The molecule has 2 aromatic carbocycles. The van der Waals surface area contributed by atoms with E-state index in [4.69, 9.17) is 0 Å². The van der Waals surface area contributed by atoms with E-state index in [1.54, 1.807) is 0 Å². The molecule has 5 nitrogen and oxygen atoms in total. The number of thioether (sulfide) groups is 1. The van der Waals surface area contributed by atoms with Crippen LogP contribution in [0.1, 0.15) is 21.5 Å². The second-order valence-corrected chi connectivity index (χ2v) is 9.26. The van der Waals surface area contributed by atoms with Gasteiger partial charge in [0.15, 0.2) is 5.50 Å². The molecule has 0 spiro atoms. The number of hydrogen-bond donors (Lipinski definition) is 3. The van der Waals surface area contributed by atoms with Crippen LogP contribution in [0.5, 0.6) is 0 Å². The number of anilines is 1. The first-order chi connectivity index (χ1) is 14.5. The van der Waals surface area contributed by atoms with Gasteiger partial charge in [0.1, 0.15) is 9.63 Å². The fourth-order valence-electron chi connectivity index (χ4n) is 3.81. The van der Waals surface area contributed by atoms with Crippen LogP contribution < -0.4 is 10.6 Å². The van der Waals surface area contributed by atoms with Crippen LogP contribution in [-0.2, 0) is 0 Å². The van der Waals surface area contributed by atoms with Crippen molar-refractivity contribution in [1.29, 1.82) is 0 Å². The Kier molecular flexibility index (Phi) is 4.79.